The Bertz CT molecular complexity index is 381. The first kappa shape index (κ1) is 13.0. The van der Waals surface area contributed by atoms with Gasteiger partial charge in [0, 0.05) is 6.04 Å². The van der Waals surface area contributed by atoms with Gasteiger partial charge >= 0.3 is 5.97 Å². The molecule has 0 radical (unpaired) electrons. The molecule has 88 valence electrons. The van der Waals surface area contributed by atoms with Gasteiger partial charge in [-0.05, 0) is 24.0 Å². The van der Waals surface area contributed by atoms with Gasteiger partial charge in [0.1, 0.15) is 0 Å². The number of carbonyl (C=O) groups excluding carboxylic acids is 1. The van der Waals surface area contributed by atoms with Crippen molar-refractivity contribution in [2.45, 2.75) is 18.9 Å². The fraction of sp³-hybridized carbons (Fsp3) is 0.417. The molecule has 0 aromatic heterocycles. The Morgan fingerprint density at radius 3 is 2.81 bits per heavy atom. The predicted molar refractivity (Wildman–Crippen MR) is 64.4 cm³/mol. The Hall–Kier alpha value is -1.06. The zero-order valence-electron chi connectivity index (χ0n) is 9.18. The van der Waals surface area contributed by atoms with Crippen molar-refractivity contribution in [2.75, 3.05) is 7.11 Å². The van der Waals surface area contributed by atoms with E-state index in [1.807, 2.05) is 18.2 Å². The zero-order valence-corrected chi connectivity index (χ0v) is 10.00. The number of nitrogens with two attached hydrogens (primary N) is 1. The molecule has 2 rings (SSSR count). The highest BCUT2D eigenvalue weighted by Gasteiger charge is 2.32. The Labute approximate surface area is 101 Å². The maximum atomic E-state index is 11.5. The van der Waals surface area contributed by atoms with Crippen molar-refractivity contribution in [3.05, 3.63) is 35.4 Å². The molecule has 0 saturated carbocycles. The second-order valence-electron chi connectivity index (χ2n) is 3.89. The second kappa shape index (κ2) is 5.32. The van der Waals surface area contributed by atoms with Gasteiger partial charge in [0.05, 0.1) is 13.0 Å². The smallest absolute Gasteiger partial charge is 0.310 e. The molecule has 0 spiro atoms. The number of esters is 1. The van der Waals surface area contributed by atoms with E-state index in [1.54, 1.807) is 0 Å². The summed E-state index contributed by atoms with van der Waals surface area (Å²) in [6.07, 6.45) is 1.69. The lowest BCUT2D eigenvalue weighted by atomic mass is 9.80. The topological polar surface area (TPSA) is 52.3 Å². The second-order valence-corrected chi connectivity index (χ2v) is 3.89. The molecule has 0 aliphatic heterocycles. The van der Waals surface area contributed by atoms with E-state index in [0.29, 0.717) is 0 Å². The number of fused-ring (bicyclic) bond motifs is 1. The van der Waals surface area contributed by atoms with Crippen molar-refractivity contribution in [1.82, 2.24) is 0 Å². The molecular weight excluding hydrogens is 226 g/mol. The molecule has 0 fully saturated rings. The summed E-state index contributed by atoms with van der Waals surface area (Å²) in [5.41, 5.74) is 8.40. The lowest BCUT2D eigenvalue weighted by Crippen LogP contribution is -2.33. The highest BCUT2D eigenvalue weighted by atomic mass is 35.5. The molecule has 1 aliphatic rings. The van der Waals surface area contributed by atoms with Crippen LogP contribution in [0.2, 0.25) is 0 Å². The molecule has 2 atom stereocenters. The summed E-state index contributed by atoms with van der Waals surface area (Å²) in [6, 6.07) is 7.81. The number of aryl methyl sites for hydroxylation is 1. The standard InChI is InChI=1S/C12H15NO2.ClH/c1-15-12(14)10-7-6-8-4-2-3-5-9(8)11(10)13;/h2-5,10-11H,6-7,13H2,1H3;1H/t10-,11+;/m0./s1. The van der Waals surface area contributed by atoms with Gasteiger partial charge in [-0.3, -0.25) is 4.79 Å². The average molecular weight is 242 g/mol. The number of halogens is 1. The third-order valence-corrected chi connectivity index (χ3v) is 3.08. The minimum Gasteiger partial charge on any atom is -0.469 e. The van der Waals surface area contributed by atoms with Crippen molar-refractivity contribution in [1.29, 1.82) is 0 Å². The zero-order chi connectivity index (χ0) is 10.8. The largest absolute Gasteiger partial charge is 0.469 e. The Morgan fingerprint density at radius 1 is 1.44 bits per heavy atom. The molecule has 4 heteroatoms. The first-order valence-corrected chi connectivity index (χ1v) is 5.15. The Balaban J connectivity index is 0.00000128. The highest BCUT2D eigenvalue weighted by molar-refractivity contribution is 5.85. The van der Waals surface area contributed by atoms with Gasteiger partial charge in [-0.25, -0.2) is 0 Å². The lowest BCUT2D eigenvalue weighted by molar-refractivity contribution is -0.146. The summed E-state index contributed by atoms with van der Waals surface area (Å²) in [4.78, 5) is 11.5. The summed E-state index contributed by atoms with van der Waals surface area (Å²) in [5.74, 6) is -0.387. The van der Waals surface area contributed by atoms with Crippen LogP contribution < -0.4 is 5.73 Å². The fourth-order valence-corrected chi connectivity index (χ4v) is 2.21. The van der Waals surface area contributed by atoms with Crippen molar-refractivity contribution in [2.24, 2.45) is 11.7 Å². The normalized spacial score (nSPS) is 22.9. The van der Waals surface area contributed by atoms with Crippen LogP contribution in [0.5, 0.6) is 0 Å². The minimum atomic E-state index is -0.220. The summed E-state index contributed by atoms with van der Waals surface area (Å²) in [5, 5.41) is 0. The van der Waals surface area contributed by atoms with E-state index in [9.17, 15) is 4.79 Å². The maximum absolute atomic E-state index is 11.5. The van der Waals surface area contributed by atoms with E-state index in [-0.39, 0.29) is 30.3 Å². The number of hydrogen-bond donors (Lipinski definition) is 1. The van der Waals surface area contributed by atoms with Gasteiger partial charge in [-0.1, -0.05) is 24.3 Å². The van der Waals surface area contributed by atoms with E-state index >= 15 is 0 Å². The van der Waals surface area contributed by atoms with Gasteiger partial charge in [-0.15, -0.1) is 12.4 Å². The molecular formula is C12H16ClNO2. The fourth-order valence-electron chi connectivity index (χ4n) is 2.21. The van der Waals surface area contributed by atoms with Gasteiger partial charge < -0.3 is 10.5 Å². The van der Waals surface area contributed by atoms with E-state index < -0.39 is 0 Å². The molecule has 2 N–H and O–H groups in total. The number of hydrogen-bond acceptors (Lipinski definition) is 3. The monoisotopic (exact) mass is 241 g/mol. The van der Waals surface area contributed by atoms with Crippen LogP contribution in [0.15, 0.2) is 24.3 Å². The Kier molecular flexibility index (Phi) is 4.33. The third-order valence-electron chi connectivity index (χ3n) is 3.08. The summed E-state index contributed by atoms with van der Waals surface area (Å²) in [7, 11) is 1.41. The van der Waals surface area contributed by atoms with E-state index in [2.05, 4.69) is 6.07 Å². The maximum Gasteiger partial charge on any atom is 0.310 e. The molecule has 0 unspecified atom stereocenters. The number of rotatable bonds is 1. The molecule has 1 aromatic carbocycles. The minimum absolute atomic E-state index is 0. The van der Waals surface area contributed by atoms with E-state index in [0.717, 1.165) is 18.4 Å². The first-order chi connectivity index (χ1) is 7.24. The van der Waals surface area contributed by atoms with Gasteiger partial charge in [0.25, 0.3) is 0 Å². The van der Waals surface area contributed by atoms with Crippen LogP contribution in [0.4, 0.5) is 0 Å². The van der Waals surface area contributed by atoms with Crippen LogP contribution in [0.25, 0.3) is 0 Å². The number of methoxy groups -OCH3 is 1. The number of ether oxygens (including phenoxy) is 1. The summed E-state index contributed by atoms with van der Waals surface area (Å²) < 4.78 is 4.76. The van der Waals surface area contributed by atoms with Crippen LogP contribution in [0.1, 0.15) is 23.6 Å². The molecule has 0 saturated heterocycles. The molecule has 3 nitrogen and oxygen atoms in total. The molecule has 16 heavy (non-hydrogen) atoms. The average Bonchev–Trinajstić information content (AvgIpc) is 2.29. The molecule has 0 heterocycles. The lowest BCUT2D eigenvalue weighted by Gasteiger charge is -2.28. The van der Waals surface area contributed by atoms with Crippen molar-refractivity contribution in [3.8, 4) is 0 Å². The van der Waals surface area contributed by atoms with Crippen LogP contribution in [-0.2, 0) is 16.0 Å². The van der Waals surface area contributed by atoms with Crippen molar-refractivity contribution in [3.63, 3.8) is 0 Å². The summed E-state index contributed by atoms with van der Waals surface area (Å²) in [6.45, 7) is 0. The third kappa shape index (κ3) is 2.20. The first-order valence-electron chi connectivity index (χ1n) is 5.15. The van der Waals surface area contributed by atoms with E-state index in [4.69, 9.17) is 10.5 Å². The van der Waals surface area contributed by atoms with Gasteiger partial charge in [-0.2, -0.15) is 0 Å². The number of benzene rings is 1. The quantitative estimate of drug-likeness (QED) is 0.764. The van der Waals surface area contributed by atoms with Crippen molar-refractivity contribution >= 4 is 18.4 Å². The van der Waals surface area contributed by atoms with Crippen molar-refractivity contribution < 1.29 is 9.53 Å². The van der Waals surface area contributed by atoms with E-state index in [1.165, 1.54) is 12.7 Å². The predicted octanol–water partition coefficient (Wildman–Crippen LogP) is 1.84. The van der Waals surface area contributed by atoms with Gasteiger partial charge in [0.2, 0.25) is 0 Å². The molecule has 1 aliphatic carbocycles. The van der Waals surface area contributed by atoms with Crippen LogP contribution in [0, 0.1) is 5.92 Å². The Morgan fingerprint density at radius 2 is 2.12 bits per heavy atom. The SMILES string of the molecule is COC(=O)[C@H]1CCc2ccccc2[C@H]1N.Cl. The molecule has 1 aromatic rings. The molecule has 0 amide bonds. The van der Waals surface area contributed by atoms with Crippen LogP contribution in [-0.4, -0.2) is 13.1 Å². The number of carbonyl (C=O) groups is 1. The van der Waals surface area contributed by atoms with Crippen LogP contribution >= 0.6 is 12.4 Å². The summed E-state index contributed by atoms with van der Waals surface area (Å²) >= 11 is 0. The van der Waals surface area contributed by atoms with Crippen LogP contribution in [0.3, 0.4) is 0 Å². The molecule has 0 bridgehead atoms. The van der Waals surface area contributed by atoms with Gasteiger partial charge in [0.15, 0.2) is 0 Å². The highest BCUT2D eigenvalue weighted by Crippen LogP contribution is 2.33.